The van der Waals surface area contributed by atoms with Gasteiger partial charge in [0.1, 0.15) is 0 Å². The summed E-state index contributed by atoms with van der Waals surface area (Å²) in [7, 11) is 0. The van der Waals surface area contributed by atoms with E-state index in [1.165, 1.54) is 25.7 Å². The Balaban J connectivity index is 1.80. The summed E-state index contributed by atoms with van der Waals surface area (Å²) < 4.78 is 0. The van der Waals surface area contributed by atoms with E-state index in [1.807, 2.05) is 0 Å². The van der Waals surface area contributed by atoms with E-state index in [1.54, 1.807) is 32.1 Å². The maximum absolute atomic E-state index is 2.32. The molecular formula is C13H24. The van der Waals surface area contributed by atoms with Crippen molar-refractivity contribution < 1.29 is 0 Å². The minimum Gasteiger partial charge on any atom is -0.0654 e. The molecule has 2 aliphatic rings. The third-order valence-electron chi connectivity index (χ3n) is 4.19. The Morgan fingerprint density at radius 3 is 2.31 bits per heavy atom. The van der Waals surface area contributed by atoms with Gasteiger partial charge in [-0.2, -0.15) is 0 Å². The van der Waals surface area contributed by atoms with Crippen molar-refractivity contribution in [3.63, 3.8) is 0 Å². The molecule has 76 valence electrons. The SMILES string of the molecule is CCCCC1CC2CCCC(C1)C2. The fraction of sp³-hybridized carbons (Fsp3) is 1.00. The van der Waals surface area contributed by atoms with Crippen molar-refractivity contribution in [3.05, 3.63) is 0 Å². The Bertz CT molecular complexity index is 138. The van der Waals surface area contributed by atoms with Gasteiger partial charge >= 0.3 is 0 Å². The molecule has 2 aliphatic carbocycles. The molecule has 0 N–H and O–H groups in total. The second-order valence-corrected chi connectivity index (χ2v) is 5.38. The molecule has 0 heterocycles. The molecule has 0 saturated heterocycles. The van der Waals surface area contributed by atoms with Crippen molar-refractivity contribution in [1.82, 2.24) is 0 Å². The molecule has 2 atom stereocenters. The molecule has 0 amide bonds. The highest BCUT2D eigenvalue weighted by atomic mass is 14.4. The number of hydrogen-bond donors (Lipinski definition) is 0. The first-order valence-electron chi connectivity index (χ1n) is 6.38. The Morgan fingerprint density at radius 1 is 1.00 bits per heavy atom. The van der Waals surface area contributed by atoms with Crippen molar-refractivity contribution in [1.29, 1.82) is 0 Å². The van der Waals surface area contributed by atoms with Gasteiger partial charge in [-0.1, -0.05) is 45.4 Å². The lowest BCUT2D eigenvalue weighted by atomic mass is 9.67. The highest BCUT2D eigenvalue weighted by Gasteiger charge is 2.30. The highest BCUT2D eigenvalue weighted by molar-refractivity contribution is 4.82. The van der Waals surface area contributed by atoms with Crippen molar-refractivity contribution >= 4 is 0 Å². The van der Waals surface area contributed by atoms with Crippen LogP contribution in [0, 0.1) is 17.8 Å². The molecule has 0 aromatic heterocycles. The zero-order chi connectivity index (χ0) is 9.10. The predicted molar refractivity (Wildman–Crippen MR) is 57.7 cm³/mol. The minimum absolute atomic E-state index is 1.11. The Hall–Kier alpha value is 0. The van der Waals surface area contributed by atoms with Gasteiger partial charge in [0.05, 0.1) is 0 Å². The van der Waals surface area contributed by atoms with E-state index in [0.717, 1.165) is 17.8 Å². The van der Waals surface area contributed by atoms with Crippen molar-refractivity contribution in [2.75, 3.05) is 0 Å². The molecule has 0 spiro atoms. The molecular weight excluding hydrogens is 156 g/mol. The Labute approximate surface area is 83.1 Å². The lowest BCUT2D eigenvalue weighted by Gasteiger charge is -2.39. The smallest absolute Gasteiger partial charge is 0.0409 e. The molecule has 2 saturated carbocycles. The number of fused-ring (bicyclic) bond motifs is 2. The molecule has 13 heavy (non-hydrogen) atoms. The van der Waals surface area contributed by atoms with Crippen LogP contribution < -0.4 is 0 Å². The van der Waals surface area contributed by atoms with Crippen LogP contribution in [0.5, 0.6) is 0 Å². The van der Waals surface area contributed by atoms with Gasteiger partial charge in [-0.25, -0.2) is 0 Å². The van der Waals surface area contributed by atoms with E-state index < -0.39 is 0 Å². The van der Waals surface area contributed by atoms with Crippen LogP contribution >= 0.6 is 0 Å². The van der Waals surface area contributed by atoms with Crippen LogP contribution in [0.4, 0.5) is 0 Å². The van der Waals surface area contributed by atoms with E-state index in [4.69, 9.17) is 0 Å². The minimum atomic E-state index is 1.11. The summed E-state index contributed by atoms with van der Waals surface area (Å²) >= 11 is 0. The van der Waals surface area contributed by atoms with Crippen LogP contribution in [0.3, 0.4) is 0 Å². The monoisotopic (exact) mass is 180 g/mol. The van der Waals surface area contributed by atoms with Gasteiger partial charge in [-0.05, 0) is 37.0 Å². The summed E-state index contributed by atoms with van der Waals surface area (Å²) in [5.41, 5.74) is 0. The van der Waals surface area contributed by atoms with Gasteiger partial charge < -0.3 is 0 Å². The van der Waals surface area contributed by atoms with Crippen molar-refractivity contribution in [2.24, 2.45) is 17.8 Å². The molecule has 0 radical (unpaired) electrons. The van der Waals surface area contributed by atoms with Gasteiger partial charge in [0, 0.05) is 0 Å². The highest BCUT2D eigenvalue weighted by Crippen LogP contribution is 2.43. The van der Waals surface area contributed by atoms with Crippen molar-refractivity contribution in [2.45, 2.75) is 64.7 Å². The maximum Gasteiger partial charge on any atom is -0.0409 e. The lowest BCUT2D eigenvalue weighted by Crippen LogP contribution is -2.26. The summed E-state index contributed by atoms with van der Waals surface area (Å²) in [6.45, 7) is 2.32. The van der Waals surface area contributed by atoms with Gasteiger partial charge in [0.2, 0.25) is 0 Å². The quantitative estimate of drug-likeness (QED) is 0.604. The number of rotatable bonds is 3. The van der Waals surface area contributed by atoms with Crippen LogP contribution in [-0.4, -0.2) is 0 Å². The van der Waals surface area contributed by atoms with Crippen LogP contribution in [0.1, 0.15) is 64.7 Å². The fourth-order valence-corrected chi connectivity index (χ4v) is 3.60. The zero-order valence-electron chi connectivity index (χ0n) is 9.10. The number of unbranched alkanes of at least 4 members (excludes halogenated alkanes) is 1. The van der Waals surface area contributed by atoms with Crippen LogP contribution in [-0.2, 0) is 0 Å². The summed E-state index contributed by atoms with van der Waals surface area (Å²) in [5, 5.41) is 0. The van der Waals surface area contributed by atoms with E-state index in [-0.39, 0.29) is 0 Å². The van der Waals surface area contributed by atoms with Crippen LogP contribution in [0.2, 0.25) is 0 Å². The average molecular weight is 180 g/mol. The number of hydrogen-bond acceptors (Lipinski definition) is 0. The molecule has 2 bridgehead atoms. The second-order valence-electron chi connectivity index (χ2n) is 5.38. The topological polar surface area (TPSA) is 0 Å². The molecule has 0 aromatic rings. The molecule has 2 unspecified atom stereocenters. The summed E-state index contributed by atoms with van der Waals surface area (Å²) in [6, 6.07) is 0. The maximum atomic E-state index is 2.32. The molecule has 0 heteroatoms. The van der Waals surface area contributed by atoms with Crippen LogP contribution in [0.25, 0.3) is 0 Å². The van der Waals surface area contributed by atoms with E-state index >= 15 is 0 Å². The van der Waals surface area contributed by atoms with E-state index in [9.17, 15) is 0 Å². The Kier molecular flexibility index (Phi) is 3.29. The normalized spacial score (nSPS) is 39.0. The van der Waals surface area contributed by atoms with Crippen LogP contribution in [0.15, 0.2) is 0 Å². The first kappa shape index (κ1) is 9.55. The molecule has 2 rings (SSSR count). The van der Waals surface area contributed by atoms with E-state index in [0.29, 0.717) is 0 Å². The van der Waals surface area contributed by atoms with Gasteiger partial charge in [-0.3, -0.25) is 0 Å². The summed E-state index contributed by atoms with van der Waals surface area (Å²) in [5.74, 6) is 3.38. The van der Waals surface area contributed by atoms with Gasteiger partial charge in [-0.15, -0.1) is 0 Å². The third kappa shape index (κ3) is 2.48. The van der Waals surface area contributed by atoms with Crippen molar-refractivity contribution in [3.8, 4) is 0 Å². The van der Waals surface area contributed by atoms with Gasteiger partial charge in [0.25, 0.3) is 0 Å². The second kappa shape index (κ2) is 4.48. The average Bonchev–Trinajstić information content (AvgIpc) is 2.14. The third-order valence-corrected chi connectivity index (χ3v) is 4.19. The van der Waals surface area contributed by atoms with E-state index in [2.05, 4.69) is 6.92 Å². The first-order chi connectivity index (χ1) is 6.38. The summed E-state index contributed by atoms with van der Waals surface area (Å²) in [6.07, 6.45) is 13.8. The summed E-state index contributed by atoms with van der Waals surface area (Å²) in [4.78, 5) is 0. The Morgan fingerprint density at radius 2 is 1.69 bits per heavy atom. The molecule has 0 aromatic carbocycles. The lowest BCUT2D eigenvalue weighted by molar-refractivity contribution is 0.131. The molecule has 2 fully saturated rings. The standard InChI is InChI=1S/C13H24/c1-2-3-5-11-8-12-6-4-7-13(9-11)10-12/h11-13H,2-10H2,1H3. The fourth-order valence-electron chi connectivity index (χ4n) is 3.60. The van der Waals surface area contributed by atoms with Gasteiger partial charge in [0.15, 0.2) is 0 Å². The zero-order valence-corrected chi connectivity index (χ0v) is 9.10. The predicted octanol–water partition coefficient (Wildman–Crippen LogP) is 4.39. The molecule has 0 aliphatic heterocycles. The largest absolute Gasteiger partial charge is 0.0654 e. The molecule has 0 nitrogen and oxygen atoms in total. The first-order valence-corrected chi connectivity index (χ1v) is 6.38.